The van der Waals surface area contributed by atoms with Gasteiger partial charge in [0.25, 0.3) is 0 Å². The molecule has 112 valence electrons. The first-order valence-electron chi connectivity index (χ1n) is 6.96. The number of nitrogens with zero attached hydrogens (tertiary/aromatic N) is 1. The molecule has 5 heteroatoms. The summed E-state index contributed by atoms with van der Waals surface area (Å²) in [6.07, 6.45) is -1.37. The minimum absolute atomic E-state index is 0.169. The number of para-hydroxylation sites is 1. The Kier molecular flexibility index (Phi) is 4.05. The molecule has 2 aromatic rings. The SMILES string of the molecule is O=C(O)C[C@H]1ON=C(c2ccccc2)[C@@H]1Oc1ccccc1. The maximum Gasteiger partial charge on any atom is 0.307 e. The van der Waals surface area contributed by atoms with Gasteiger partial charge in [-0.25, -0.2) is 0 Å². The molecule has 1 N–H and O–H groups in total. The minimum Gasteiger partial charge on any atom is -0.481 e. The molecular weight excluding hydrogens is 282 g/mol. The Labute approximate surface area is 127 Å². The summed E-state index contributed by atoms with van der Waals surface area (Å²) in [7, 11) is 0. The van der Waals surface area contributed by atoms with Crippen LogP contribution in [-0.4, -0.2) is 29.0 Å². The molecule has 0 bridgehead atoms. The van der Waals surface area contributed by atoms with Crippen molar-refractivity contribution in [3.8, 4) is 5.75 Å². The molecule has 0 unspecified atom stereocenters. The fourth-order valence-corrected chi connectivity index (χ4v) is 2.33. The summed E-state index contributed by atoms with van der Waals surface area (Å²) < 4.78 is 5.94. The van der Waals surface area contributed by atoms with Crippen molar-refractivity contribution in [2.24, 2.45) is 5.16 Å². The lowest BCUT2D eigenvalue weighted by Gasteiger charge is -2.19. The highest BCUT2D eigenvalue weighted by atomic mass is 16.7. The van der Waals surface area contributed by atoms with E-state index in [1.54, 1.807) is 0 Å². The summed E-state index contributed by atoms with van der Waals surface area (Å²) >= 11 is 0. The van der Waals surface area contributed by atoms with E-state index in [1.165, 1.54) is 0 Å². The minimum atomic E-state index is -0.948. The summed E-state index contributed by atoms with van der Waals surface area (Å²) in [6.45, 7) is 0. The zero-order valence-electron chi connectivity index (χ0n) is 11.8. The largest absolute Gasteiger partial charge is 0.481 e. The number of benzene rings is 2. The van der Waals surface area contributed by atoms with Crippen molar-refractivity contribution in [1.29, 1.82) is 0 Å². The van der Waals surface area contributed by atoms with E-state index < -0.39 is 18.2 Å². The third-order valence-corrected chi connectivity index (χ3v) is 3.35. The molecule has 1 aliphatic heterocycles. The zero-order valence-corrected chi connectivity index (χ0v) is 11.8. The van der Waals surface area contributed by atoms with Crippen LogP contribution in [0.2, 0.25) is 0 Å². The van der Waals surface area contributed by atoms with Gasteiger partial charge in [0.2, 0.25) is 0 Å². The van der Waals surface area contributed by atoms with Crippen LogP contribution in [0.4, 0.5) is 0 Å². The van der Waals surface area contributed by atoms with Crippen molar-refractivity contribution in [2.75, 3.05) is 0 Å². The lowest BCUT2D eigenvalue weighted by atomic mass is 10.00. The first-order chi connectivity index (χ1) is 10.7. The van der Waals surface area contributed by atoms with Crippen LogP contribution >= 0.6 is 0 Å². The maximum atomic E-state index is 11.0. The van der Waals surface area contributed by atoms with Gasteiger partial charge in [-0.2, -0.15) is 0 Å². The second-order valence-corrected chi connectivity index (χ2v) is 4.94. The van der Waals surface area contributed by atoms with Crippen LogP contribution in [0, 0.1) is 0 Å². The van der Waals surface area contributed by atoms with E-state index in [-0.39, 0.29) is 6.42 Å². The molecule has 0 radical (unpaired) electrons. The first-order valence-corrected chi connectivity index (χ1v) is 6.96. The van der Waals surface area contributed by atoms with Crippen molar-refractivity contribution in [1.82, 2.24) is 0 Å². The summed E-state index contributed by atoms with van der Waals surface area (Å²) in [4.78, 5) is 16.3. The maximum absolute atomic E-state index is 11.0. The molecule has 22 heavy (non-hydrogen) atoms. The van der Waals surface area contributed by atoms with Crippen LogP contribution < -0.4 is 4.74 Å². The molecule has 0 saturated heterocycles. The van der Waals surface area contributed by atoms with Gasteiger partial charge in [-0.15, -0.1) is 0 Å². The molecule has 0 amide bonds. The summed E-state index contributed by atoms with van der Waals surface area (Å²) in [5, 5.41) is 13.1. The number of aliphatic carboxylic acids is 1. The fraction of sp³-hybridized carbons (Fsp3) is 0.176. The summed E-state index contributed by atoms with van der Waals surface area (Å²) in [5.74, 6) is -0.298. The number of ether oxygens (including phenoxy) is 1. The second kappa shape index (κ2) is 6.30. The Bertz CT molecular complexity index is 670. The predicted molar refractivity (Wildman–Crippen MR) is 81.0 cm³/mol. The van der Waals surface area contributed by atoms with Gasteiger partial charge >= 0.3 is 5.97 Å². The molecule has 1 heterocycles. The third kappa shape index (κ3) is 3.09. The van der Waals surface area contributed by atoms with Crippen molar-refractivity contribution >= 4 is 11.7 Å². The predicted octanol–water partition coefficient (Wildman–Crippen LogP) is 2.71. The average Bonchev–Trinajstić information content (AvgIpc) is 2.91. The van der Waals surface area contributed by atoms with Crippen molar-refractivity contribution < 1.29 is 19.5 Å². The van der Waals surface area contributed by atoms with Gasteiger partial charge in [-0.05, 0) is 12.1 Å². The first kappa shape index (κ1) is 14.1. The number of hydrogen-bond donors (Lipinski definition) is 1. The smallest absolute Gasteiger partial charge is 0.307 e. The van der Waals surface area contributed by atoms with E-state index in [2.05, 4.69) is 5.16 Å². The Hall–Kier alpha value is -2.82. The highest BCUT2D eigenvalue weighted by Gasteiger charge is 2.38. The number of carbonyl (C=O) groups is 1. The highest BCUT2D eigenvalue weighted by molar-refractivity contribution is 6.05. The summed E-state index contributed by atoms with van der Waals surface area (Å²) in [6, 6.07) is 18.7. The van der Waals surface area contributed by atoms with E-state index in [0.29, 0.717) is 11.5 Å². The normalized spacial score (nSPS) is 20.1. The van der Waals surface area contributed by atoms with Crippen molar-refractivity contribution in [3.05, 3.63) is 66.2 Å². The van der Waals surface area contributed by atoms with Crippen LogP contribution in [0.5, 0.6) is 5.75 Å². The Balaban J connectivity index is 1.87. The van der Waals surface area contributed by atoms with Gasteiger partial charge in [0.15, 0.2) is 12.2 Å². The topological polar surface area (TPSA) is 68.1 Å². The van der Waals surface area contributed by atoms with E-state index >= 15 is 0 Å². The number of rotatable bonds is 5. The number of oxime groups is 1. The molecular formula is C17H15NO4. The highest BCUT2D eigenvalue weighted by Crippen LogP contribution is 2.24. The molecule has 0 aromatic heterocycles. The van der Waals surface area contributed by atoms with Gasteiger partial charge in [0.1, 0.15) is 11.5 Å². The van der Waals surface area contributed by atoms with E-state index in [9.17, 15) is 4.79 Å². The van der Waals surface area contributed by atoms with Gasteiger partial charge in [-0.1, -0.05) is 53.7 Å². The number of hydrogen-bond acceptors (Lipinski definition) is 4. The van der Waals surface area contributed by atoms with Crippen LogP contribution in [0.3, 0.4) is 0 Å². The molecule has 0 fully saturated rings. The van der Waals surface area contributed by atoms with Gasteiger partial charge < -0.3 is 14.7 Å². The van der Waals surface area contributed by atoms with Crippen LogP contribution in [-0.2, 0) is 9.63 Å². The Morgan fingerprint density at radius 2 is 1.73 bits per heavy atom. The third-order valence-electron chi connectivity index (χ3n) is 3.35. The molecule has 1 aliphatic rings. The molecule has 0 spiro atoms. The summed E-state index contributed by atoms with van der Waals surface area (Å²) in [5.41, 5.74) is 1.46. The fourth-order valence-electron chi connectivity index (χ4n) is 2.33. The van der Waals surface area contributed by atoms with Crippen molar-refractivity contribution in [3.63, 3.8) is 0 Å². The molecule has 2 atom stereocenters. The van der Waals surface area contributed by atoms with Gasteiger partial charge in [0.05, 0.1) is 6.42 Å². The lowest BCUT2D eigenvalue weighted by Crippen LogP contribution is -2.37. The Morgan fingerprint density at radius 1 is 1.09 bits per heavy atom. The standard InChI is InChI=1S/C17H15NO4/c19-15(20)11-14-17(21-13-9-5-2-6-10-13)16(18-22-14)12-7-3-1-4-8-12/h1-10,14,17H,11H2,(H,19,20)/t14-,17-/m1/s1. The average molecular weight is 297 g/mol. The van der Waals surface area contributed by atoms with Crippen LogP contribution in [0.25, 0.3) is 0 Å². The van der Waals surface area contributed by atoms with Crippen LogP contribution in [0.15, 0.2) is 65.8 Å². The molecule has 0 aliphatic carbocycles. The Morgan fingerprint density at radius 3 is 2.36 bits per heavy atom. The monoisotopic (exact) mass is 297 g/mol. The van der Waals surface area contributed by atoms with E-state index in [4.69, 9.17) is 14.7 Å². The zero-order chi connectivity index (χ0) is 15.4. The quantitative estimate of drug-likeness (QED) is 0.921. The van der Waals surface area contributed by atoms with Crippen molar-refractivity contribution in [2.45, 2.75) is 18.6 Å². The molecule has 5 nitrogen and oxygen atoms in total. The lowest BCUT2D eigenvalue weighted by molar-refractivity contribution is -0.140. The second-order valence-electron chi connectivity index (χ2n) is 4.94. The number of carboxylic acids is 1. The van der Waals surface area contributed by atoms with E-state index in [1.807, 2.05) is 60.7 Å². The molecule has 3 rings (SSSR count). The number of carboxylic acid groups (broad SMARTS) is 1. The van der Waals surface area contributed by atoms with Crippen LogP contribution in [0.1, 0.15) is 12.0 Å². The molecule has 2 aromatic carbocycles. The van der Waals surface area contributed by atoms with Gasteiger partial charge in [0, 0.05) is 5.56 Å². The molecule has 0 saturated carbocycles. The van der Waals surface area contributed by atoms with E-state index in [0.717, 1.165) is 5.56 Å². The van der Waals surface area contributed by atoms with Gasteiger partial charge in [-0.3, -0.25) is 4.79 Å².